The van der Waals surface area contributed by atoms with E-state index in [4.69, 9.17) is 9.47 Å². The molecule has 0 amide bonds. The molecule has 0 aliphatic carbocycles. The van der Waals surface area contributed by atoms with Gasteiger partial charge in [-0.15, -0.1) is 0 Å². The van der Waals surface area contributed by atoms with Gasteiger partial charge in [0.25, 0.3) is 0 Å². The number of benzene rings is 1. The van der Waals surface area contributed by atoms with Crippen molar-refractivity contribution in [3.05, 3.63) is 23.8 Å². The monoisotopic (exact) mass is 238 g/mol. The molecule has 1 rings (SSSR count). The van der Waals surface area contributed by atoms with E-state index in [1.165, 1.54) is 0 Å². The molecule has 1 N–H and O–H groups in total. The van der Waals surface area contributed by atoms with Crippen molar-refractivity contribution >= 4 is 0 Å². The predicted molar refractivity (Wildman–Crippen MR) is 68.6 cm³/mol. The zero-order valence-electron chi connectivity index (χ0n) is 11.1. The van der Waals surface area contributed by atoms with E-state index in [-0.39, 0.29) is 0 Å². The van der Waals surface area contributed by atoms with Crippen LogP contribution in [0, 0.1) is 5.92 Å². The smallest absolute Gasteiger partial charge is 0.128 e. The van der Waals surface area contributed by atoms with Crippen molar-refractivity contribution in [3.63, 3.8) is 0 Å². The highest BCUT2D eigenvalue weighted by molar-refractivity contribution is 5.41. The van der Waals surface area contributed by atoms with Crippen LogP contribution < -0.4 is 9.47 Å². The van der Waals surface area contributed by atoms with Crippen molar-refractivity contribution in [2.75, 3.05) is 13.7 Å². The molecule has 0 unspecified atom stereocenters. The zero-order chi connectivity index (χ0) is 12.8. The van der Waals surface area contributed by atoms with Crippen molar-refractivity contribution in [1.82, 2.24) is 0 Å². The summed E-state index contributed by atoms with van der Waals surface area (Å²) in [5.74, 6) is 2.06. The van der Waals surface area contributed by atoms with Gasteiger partial charge >= 0.3 is 0 Å². The largest absolute Gasteiger partial charge is 0.497 e. The number of hydrogen-bond donors (Lipinski definition) is 1. The number of methoxy groups -OCH3 is 1. The normalized spacial score (nSPS) is 12.6. The van der Waals surface area contributed by atoms with Crippen LogP contribution in [0.2, 0.25) is 0 Å². The van der Waals surface area contributed by atoms with E-state index in [1.54, 1.807) is 14.0 Å². The number of aliphatic hydroxyl groups is 1. The topological polar surface area (TPSA) is 38.7 Å². The number of ether oxygens (including phenoxy) is 2. The fourth-order valence-electron chi connectivity index (χ4n) is 1.52. The van der Waals surface area contributed by atoms with Gasteiger partial charge in [-0.3, -0.25) is 0 Å². The minimum Gasteiger partial charge on any atom is -0.497 e. The molecule has 0 heterocycles. The third kappa shape index (κ3) is 4.27. The average molecular weight is 238 g/mol. The van der Waals surface area contributed by atoms with E-state index >= 15 is 0 Å². The standard InChI is InChI=1S/C14H22O3/c1-10(2)7-8-17-14-9-12(16-4)5-6-13(14)11(3)15/h5-6,9-11,15H,7-8H2,1-4H3/t11-/m0/s1. The van der Waals surface area contributed by atoms with Crippen LogP contribution in [0.5, 0.6) is 11.5 Å². The Morgan fingerprint density at radius 3 is 2.47 bits per heavy atom. The first-order valence-corrected chi connectivity index (χ1v) is 6.03. The Labute approximate surface area is 103 Å². The Kier molecular flexibility index (Phi) is 5.29. The summed E-state index contributed by atoms with van der Waals surface area (Å²) < 4.78 is 10.9. The van der Waals surface area contributed by atoms with Gasteiger partial charge in [-0.1, -0.05) is 13.8 Å². The predicted octanol–water partition coefficient (Wildman–Crippen LogP) is 3.17. The first kappa shape index (κ1) is 13.8. The molecule has 0 radical (unpaired) electrons. The summed E-state index contributed by atoms with van der Waals surface area (Å²) in [5, 5.41) is 9.66. The molecular formula is C14H22O3. The summed E-state index contributed by atoms with van der Waals surface area (Å²) in [7, 11) is 1.62. The highest BCUT2D eigenvalue weighted by atomic mass is 16.5. The number of rotatable bonds is 6. The van der Waals surface area contributed by atoms with Gasteiger partial charge in [-0.25, -0.2) is 0 Å². The van der Waals surface area contributed by atoms with E-state index in [0.717, 1.165) is 17.7 Å². The van der Waals surface area contributed by atoms with Crippen LogP contribution in [0.25, 0.3) is 0 Å². The Bertz CT molecular complexity index is 345. The Hall–Kier alpha value is -1.22. The Morgan fingerprint density at radius 1 is 1.24 bits per heavy atom. The lowest BCUT2D eigenvalue weighted by molar-refractivity contribution is 0.189. The van der Waals surface area contributed by atoms with Crippen molar-refractivity contribution < 1.29 is 14.6 Å². The van der Waals surface area contributed by atoms with Gasteiger partial charge in [0.15, 0.2) is 0 Å². The fourth-order valence-corrected chi connectivity index (χ4v) is 1.52. The highest BCUT2D eigenvalue weighted by Crippen LogP contribution is 2.29. The van der Waals surface area contributed by atoms with E-state index in [9.17, 15) is 5.11 Å². The van der Waals surface area contributed by atoms with Crippen molar-refractivity contribution in [3.8, 4) is 11.5 Å². The summed E-state index contributed by atoms with van der Waals surface area (Å²) in [5.41, 5.74) is 0.801. The first-order chi connectivity index (χ1) is 8.04. The summed E-state index contributed by atoms with van der Waals surface area (Å²) in [6, 6.07) is 5.49. The third-order valence-corrected chi connectivity index (χ3v) is 2.62. The molecule has 17 heavy (non-hydrogen) atoms. The van der Waals surface area contributed by atoms with Crippen LogP contribution in [-0.2, 0) is 0 Å². The molecule has 96 valence electrons. The van der Waals surface area contributed by atoms with Crippen LogP contribution >= 0.6 is 0 Å². The molecule has 1 aromatic rings. The highest BCUT2D eigenvalue weighted by Gasteiger charge is 2.10. The van der Waals surface area contributed by atoms with Gasteiger partial charge in [-0.2, -0.15) is 0 Å². The summed E-state index contributed by atoms with van der Waals surface area (Å²) in [6.45, 7) is 6.71. The third-order valence-electron chi connectivity index (χ3n) is 2.62. The maximum absolute atomic E-state index is 9.66. The maximum atomic E-state index is 9.66. The lowest BCUT2D eigenvalue weighted by Gasteiger charge is -2.15. The maximum Gasteiger partial charge on any atom is 0.128 e. The quantitative estimate of drug-likeness (QED) is 0.827. The molecular weight excluding hydrogens is 216 g/mol. The van der Waals surface area contributed by atoms with Crippen LogP contribution in [0.15, 0.2) is 18.2 Å². The second-order valence-corrected chi connectivity index (χ2v) is 4.61. The van der Waals surface area contributed by atoms with Gasteiger partial charge in [0.1, 0.15) is 11.5 Å². The van der Waals surface area contributed by atoms with Crippen LogP contribution in [0.3, 0.4) is 0 Å². The molecule has 3 nitrogen and oxygen atoms in total. The molecule has 1 aromatic carbocycles. The molecule has 0 aliphatic heterocycles. The molecule has 1 atom stereocenters. The second-order valence-electron chi connectivity index (χ2n) is 4.61. The van der Waals surface area contributed by atoms with E-state index < -0.39 is 6.10 Å². The molecule has 0 bridgehead atoms. The molecule has 3 heteroatoms. The van der Waals surface area contributed by atoms with Gasteiger partial charge < -0.3 is 14.6 Å². The second kappa shape index (κ2) is 6.50. The molecule has 0 aromatic heterocycles. The SMILES string of the molecule is COc1ccc([C@H](C)O)c(OCCC(C)C)c1. The summed E-state index contributed by atoms with van der Waals surface area (Å²) in [6.07, 6.45) is 0.464. The fraction of sp³-hybridized carbons (Fsp3) is 0.571. The minimum atomic E-state index is -0.532. The lowest BCUT2D eigenvalue weighted by Crippen LogP contribution is -2.05. The zero-order valence-corrected chi connectivity index (χ0v) is 11.1. The van der Waals surface area contributed by atoms with Gasteiger partial charge in [0, 0.05) is 11.6 Å². The Balaban J connectivity index is 2.78. The molecule has 0 saturated heterocycles. The van der Waals surface area contributed by atoms with Gasteiger partial charge in [0.2, 0.25) is 0 Å². The Morgan fingerprint density at radius 2 is 1.94 bits per heavy atom. The van der Waals surface area contributed by atoms with E-state index in [0.29, 0.717) is 18.3 Å². The van der Waals surface area contributed by atoms with Gasteiger partial charge in [-0.05, 0) is 31.4 Å². The molecule has 0 fully saturated rings. The van der Waals surface area contributed by atoms with Crippen molar-refractivity contribution in [2.45, 2.75) is 33.3 Å². The van der Waals surface area contributed by atoms with Crippen LogP contribution in [-0.4, -0.2) is 18.8 Å². The number of aliphatic hydroxyl groups excluding tert-OH is 1. The molecule has 0 aliphatic rings. The van der Waals surface area contributed by atoms with Gasteiger partial charge in [0.05, 0.1) is 19.8 Å². The van der Waals surface area contributed by atoms with Crippen LogP contribution in [0.1, 0.15) is 38.9 Å². The van der Waals surface area contributed by atoms with E-state index in [2.05, 4.69) is 13.8 Å². The number of hydrogen-bond acceptors (Lipinski definition) is 3. The average Bonchev–Trinajstić information content (AvgIpc) is 2.28. The summed E-state index contributed by atoms with van der Waals surface area (Å²) in [4.78, 5) is 0. The molecule has 0 saturated carbocycles. The van der Waals surface area contributed by atoms with Crippen molar-refractivity contribution in [2.24, 2.45) is 5.92 Å². The van der Waals surface area contributed by atoms with E-state index in [1.807, 2.05) is 18.2 Å². The van der Waals surface area contributed by atoms with Crippen molar-refractivity contribution in [1.29, 1.82) is 0 Å². The van der Waals surface area contributed by atoms with Crippen LogP contribution in [0.4, 0.5) is 0 Å². The minimum absolute atomic E-state index is 0.532. The molecule has 0 spiro atoms. The summed E-state index contributed by atoms with van der Waals surface area (Å²) >= 11 is 0. The first-order valence-electron chi connectivity index (χ1n) is 6.03. The lowest BCUT2D eigenvalue weighted by atomic mass is 10.1.